The van der Waals surface area contributed by atoms with E-state index in [0.29, 0.717) is 5.75 Å². The van der Waals surface area contributed by atoms with E-state index < -0.39 is 10.4 Å². The van der Waals surface area contributed by atoms with E-state index in [9.17, 15) is 9.59 Å². The molecule has 96 valence electrons. The molecule has 10 heteroatoms. The first-order valence-corrected chi connectivity index (χ1v) is 5.94. The van der Waals surface area contributed by atoms with Crippen molar-refractivity contribution in [1.82, 2.24) is 10.6 Å². The highest BCUT2D eigenvalue weighted by molar-refractivity contribution is 7.80. The van der Waals surface area contributed by atoms with Crippen LogP contribution in [0.15, 0.2) is 0 Å². The molecule has 0 aliphatic rings. The molecule has 0 rings (SSSR count). The fraction of sp³-hybridized carbons (Fsp3) is 0.667. The van der Waals surface area contributed by atoms with Gasteiger partial charge in [0.1, 0.15) is 6.17 Å². The van der Waals surface area contributed by atoms with E-state index in [1.54, 1.807) is 0 Å². The van der Waals surface area contributed by atoms with Crippen molar-refractivity contribution in [3.05, 3.63) is 0 Å². The summed E-state index contributed by atoms with van der Waals surface area (Å²) in [6, 6.07) is 0. The second-order valence-electron chi connectivity index (χ2n) is 2.58. The molecule has 0 atom stereocenters. The number of carbonyl (C=O) groups excluding carboxylic acids is 2. The van der Waals surface area contributed by atoms with Crippen LogP contribution in [-0.4, -0.2) is 41.3 Å². The predicted octanol–water partition coefficient (Wildman–Crippen LogP) is -1.14. The van der Waals surface area contributed by atoms with E-state index in [-0.39, 0.29) is 18.0 Å². The average molecular weight is 274 g/mol. The van der Waals surface area contributed by atoms with Gasteiger partial charge in [0.15, 0.2) is 0 Å². The van der Waals surface area contributed by atoms with Gasteiger partial charge in [-0.05, 0) is 0 Å². The smallest absolute Gasteiger partial charge is 0.336 e. The Morgan fingerprint density at radius 1 is 1.19 bits per heavy atom. The van der Waals surface area contributed by atoms with Crippen molar-refractivity contribution in [3.8, 4) is 0 Å². The van der Waals surface area contributed by atoms with Gasteiger partial charge in [0.25, 0.3) is 0 Å². The minimum absolute atomic E-state index is 0.183. The van der Waals surface area contributed by atoms with Gasteiger partial charge in [0, 0.05) is 19.6 Å². The Morgan fingerprint density at radius 2 is 1.44 bits per heavy atom. The van der Waals surface area contributed by atoms with Gasteiger partial charge in [-0.1, -0.05) is 0 Å². The summed E-state index contributed by atoms with van der Waals surface area (Å²) in [5, 5.41) is 5.03. The van der Waals surface area contributed by atoms with Crippen LogP contribution in [-0.2, 0) is 20.0 Å². The molecule has 0 saturated heterocycles. The van der Waals surface area contributed by atoms with Gasteiger partial charge in [-0.25, -0.2) is 0 Å². The molecule has 0 aromatic rings. The summed E-state index contributed by atoms with van der Waals surface area (Å²) in [7, 11) is -4.67. The minimum Gasteiger partial charge on any atom is -0.336 e. The van der Waals surface area contributed by atoms with Gasteiger partial charge in [-0.15, -0.1) is 0 Å². The minimum atomic E-state index is -4.67. The van der Waals surface area contributed by atoms with Crippen LogP contribution in [0, 0.1) is 0 Å². The number of hydrogen-bond acceptors (Lipinski definition) is 5. The summed E-state index contributed by atoms with van der Waals surface area (Å²) in [6.45, 7) is 2.77. The van der Waals surface area contributed by atoms with Crippen LogP contribution in [0.1, 0.15) is 13.8 Å². The van der Waals surface area contributed by atoms with Crippen molar-refractivity contribution in [1.29, 1.82) is 0 Å². The fourth-order valence-corrected chi connectivity index (χ4v) is 0.801. The van der Waals surface area contributed by atoms with Gasteiger partial charge >= 0.3 is 10.4 Å². The Kier molecular flexibility index (Phi) is 9.14. The lowest BCUT2D eigenvalue weighted by atomic mass is 10.5. The highest BCUT2D eigenvalue weighted by atomic mass is 32.3. The highest BCUT2D eigenvalue weighted by Gasteiger charge is 2.07. The van der Waals surface area contributed by atoms with E-state index in [2.05, 4.69) is 23.3 Å². The van der Waals surface area contributed by atoms with Crippen molar-refractivity contribution < 1.29 is 27.1 Å². The van der Waals surface area contributed by atoms with Crippen LogP contribution < -0.4 is 10.6 Å². The molecule has 2 amide bonds. The van der Waals surface area contributed by atoms with Gasteiger partial charge in [-0.2, -0.15) is 21.0 Å². The maximum atomic E-state index is 10.5. The number of carbonyl (C=O) groups is 2. The van der Waals surface area contributed by atoms with Crippen LogP contribution in [0.2, 0.25) is 0 Å². The maximum Gasteiger partial charge on any atom is 0.394 e. The predicted molar refractivity (Wildman–Crippen MR) is 59.5 cm³/mol. The third-order valence-electron chi connectivity index (χ3n) is 0.938. The van der Waals surface area contributed by atoms with E-state index in [4.69, 9.17) is 17.5 Å². The zero-order chi connectivity index (χ0) is 13.4. The van der Waals surface area contributed by atoms with E-state index in [1.807, 2.05) is 0 Å². The first-order valence-electron chi connectivity index (χ1n) is 3.91. The SMILES string of the molecule is CC(=O)NC(CS)NC(C)=O.O=S(=O)(O)O. The fourth-order valence-electron chi connectivity index (χ4n) is 0.618. The van der Waals surface area contributed by atoms with E-state index in [1.165, 1.54) is 13.8 Å². The molecule has 0 spiro atoms. The van der Waals surface area contributed by atoms with Crippen LogP contribution >= 0.6 is 12.6 Å². The number of amides is 2. The summed E-state index contributed by atoms with van der Waals surface area (Å²) in [5.74, 6) is 0.0229. The molecule has 0 saturated carbocycles. The van der Waals surface area contributed by atoms with Crippen LogP contribution in [0.25, 0.3) is 0 Å². The molecule has 8 nitrogen and oxygen atoms in total. The molecule has 0 heterocycles. The first-order chi connectivity index (χ1) is 7.06. The highest BCUT2D eigenvalue weighted by Crippen LogP contribution is 1.82. The molecule has 0 aliphatic carbocycles. The quantitative estimate of drug-likeness (QED) is 0.251. The first kappa shape index (κ1) is 17.6. The zero-order valence-corrected chi connectivity index (χ0v) is 10.4. The van der Waals surface area contributed by atoms with Gasteiger partial charge < -0.3 is 10.6 Å². The molecule has 4 N–H and O–H groups in total. The molecular formula is C6H14N2O6S2. The Morgan fingerprint density at radius 3 is 1.56 bits per heavy atom. The Labute approximate surface area is 98.8 Å². The third-order valence-corrected chi connectivity index (χ3v) is 1.30. The lowest BCUT2D eigenvalue weighted by Crippen LogP contribution is -2.47. The van der Waals surface area contributed by atoms with Crippen LogP contribution in [0.4, 0.5) is 0 Å². The van der Waals surface area contributed by atoms with Crippen molar-refractivity contribution in [3.63, 3.8) is 0 Å². The van der Waals surface area contributed by atoms with Crippen molar-refractivity contribution in [2.75, 3.05) is 5.75 Å². The molecule has 0 aliphatic heterocycles. The number of thiol groups is 1. The standard InChI is InChI=1S/C6H12N2O2S.H2O4S/c1-4(9)7-6(3-11)8-5(2)10;1-5(2,3)4/h6,11H,3H2,1-2H3,(H,7,9)(H,8,10);(H2,1,2,3,4). The monoisotopic (exact) mass is 274 g/mol. The normalized spacial score (nSPS) is 10.1. The second kappa shape index (κ2) is 8.33. The Hall–Kier alpha value is -0.840. The molecule has 0 aromatic heterocycles. The molecule has 0 radical (unpaired) electrons. The molecule has 0 bridgehead atoms. The Balaban J connectivity index is 0. The lowest BCUT2D eigenvalue weighted by molar-refractivity contribution is -0.121. The number of nitrogens with one attached hydrogen (secondary N) is 2. The van der Waals surface area contributed by atoms with Gasteiger partial charge in [-0.3, -0.25) is 18.7 Å². The summed E-state index contributed by atoms with van der Waals surface area (Å²) >= 11 is 3.94. The Bertz CT molecular complexity index is 304. The van der Waals surface area contributed by atoms with Crippen molar-refractivity contribution >= 4 is 34.8 Å². The van der Waals surface area contributed by atoms with Crippen molar-refractivity contribution in [2.45, 2.75) is 20.0 Å². The van der Waals surface area contributed by atoms with E-state index in [0.717, 1.165) is 0 Å². The summed E-state index contributed by atoms with van der Waals surface area (Å²) in [6.07, 6.45) is -0.367. The van der Waals surface area contributed by atoms with Crippen LogP contribution in [0.5, 0.6) is 0 Å². The molecule has 16 heavy (non-hydrogen) atoms. The third kappa shape index (κ3) is 23.2. The number of rotatable bonds is 3. The maximum absolute atomic E-state index is 10.5. The average Bonchev–Trinajstić information content (AvgIpc) is 1.97. The molecule has 0 unspecified atom stereocenters. The van der Waals surface area contributed by atoms with Crippen molar-refractivity contribution in [2.24, 2.45) is 0 Å². The number of hydrogen-bond donors (Lipinski definition) is 5. The van der Waals surface area contributed by atoms with Gasteiger partial charge in [0.05, 0.1) is 0 Å². The molecule has 0 fully saturated rings. The second-order valence-corrected chi connectivity index (χ2v) is 3.84. The molecule has 0 aromatic carbocycles. The lowest BCUT2D eigenvalue weighted by Gasteiger charge is -2.15. The zero-order valence-electron chi connectivity index (χ0n) is 8.67. The summed E-state index contributed by atoms with van der Waals surface area (Å²) in [5.41, 5.74) is 0. The largest absolute Gasteiger partial charge is 0.394 e. The topological polar surface area (TPSA) is 133 Å². The molecular weight excluding hydrogens is 260 g/mol. The van der Waals surface area contributed by atoms with E-state index >= 15 is 0 Å². The summed E-state index contributed by atoms with van der Waals surface area (Å²) in [4.78, 5) is 21.0. The summed E-state index contributed by atoms with van der Waals surface area (Å²) < 4.78 is 31.6. The van der Waals surface area contributed by atoms with Gasteiger partial charge in [0.2, 0.25) is 11.8 Å². The van der Waals surface area contributed by atoms with Crippen LogP contribution in [0.3, 0.4) is 0 Å².